The van der Waals surface area contributed by atoms with Crippen LogP contribution in [0.5, 0.6) is 0 Å². The molecule has 100 valence electrons. The normalized spacial score (nSPS) is 26.4. The van der Waals surface area contributed by atoms with E-state index < -0.39 is 15.7 Å². The summed E-state index contributed by atoms with van der Waals surface area (Å²) in [5.74, 6) is -0.0507. The zero-order valence-corrected chi connectivity index (χ0v) is 11.6. The molecule has 1 unspecified atom stereocenters. The lowest BCUT2D eigenvalue weighted by atomic mass is 10.00. The highest BCUT2D eigenvalue weighted by Crippen LogP contribution is 2.17. The van der Waals surface area contributed by atoms with Crippen LogP contribution in [0.4, 0.5) is 0 Å². The van der Waals surface area contributed by atoms with Crippen molar-refractivity contribution in [2.24, 2.45) is 11.1 Å². The van der Waals surface area contributed by atoms with E-state index in [2.05, 4.69) is 9.88 Å². The Hall–Kier alpha value is -0.660. The fraction of sp³-hybridized carbons (Fsp3) is 0.900. The van der Waals surface area contributed by atoms with Gasteiger partial charge in [-0.1, -0.05) is 12.1 Å². The van der Waals surface area contributed by atoms with Crippen molar-refractivity contribution < 1.29 is 13.6 Å². The van der Waals surface area contributed by atoms with E-state index in [0.29, 0.717) is 25.2 Å². The maximum atomic E-state index is 12.1. The zero-order valence-electron chi connectivity index (χ0n) is 10.8. The number of rotatable bonds is 2. The van der Waals surface area contributed by atoms with Crippen molar-refractivity contribution in [3.8, 4) is 0 Å². The molecule has 1 rings (SSSR count). The van der Waals surface area contributed by atoms with Gasteiger partial charge in [-0.3, -0.25) is 0 Å². The molecule has 0 amide bonds. The minimum Gasteiger partial charge on any atom is -0.411 e. The lowest BCUT2D eigenvalue weighted by molar-refractivity contribution is 0.298. The van der Waals surface area contributed by atoms with Gasteiger partial charge in [-0.15, -0.1) is 0 Å². The Balaban J connectivity index is 2.76. The summed E-state index contributed by atoms with van der Waals surface area (Å²) in [7, 11) is -3.46. The van der Waals surface area contributed by atoms with Crippen LogP contribution in [0.1, 0.15) is 34.1 Å². The number of hydrogen-bond acceptors (Lipinski definition) is 4. The maximum absolute atomic E-state index is 12.1. The lowest BCUT2D eigenvalue weighted by Crippen LogP contribution is -2.52. The van der Waals surface area contributed by atoms with E-state index in [0.717, 1.165) is 0 Å². The van der Waals surface area contributed by atoms with Crippen LogP contribution in [0.2, 0.25) is 0 Å². The maximum Gasteiger partial charge on any atom is 0.279 e. The van der Waals surface area contributed by atoms with E-state index in [1.807, 2.05) is 6.92 Å². The molecule has 0 radical (unpaired) electrons. The predicted octanol–water partition coefficient (Wildman–Crippen LogP) is 0.791. The van der Waals surface area contributed by atoms with E-state index in [-0.39, 0.29) is 5.92 Å². The number of hydrogen-bond donors (Lipinski definition) is 2. The first-order valence-electron chi connectivity index (χ1n) is 5.65. The average molecular weight is 263 g/mol. The van der Waals surface area contributed by atoms with Gasteiger partial charge in [0.15, 0.2) is 0 Å². The zero-order chi connectivity index (χ0) is 13.3. The summed E-state index contributed by atoms with van der Waals surface area (Å²) >= 11 is 0. The predicted molar refractivity (Wildman–Crippen MR) is 66.4 cm³/mol. The first kappa shape index (κ1) is 14.4. The fourth-order valence-electron chi connectivity index (χ4n) is 1.81. The largest absolute Gasteiger partial charge is 0.411 e. The highest BCUT2D eigenvalue weighted by Gasteiger charge is 2.32. The molecule has 0 saturated carbocycles. The number of nitrogens with zero attached hydrogens (tertiary/aromatic N) is 2. The van der Waals surface area contributed by atoms with E-state index in [4.69, 9.17) is 5.21 Å². The molecule has 7 heteroatoms. The molecule has 0 aliphatic carbocycles. The summed E-state index contributed by atoms with van der Waals surface area (Å²) in [6.07, 6.45) is 0.475. The Kier molecular flexibility index (Phi) is 4.16. The minimum atomic E-state index is -3.46. The van der Waals surface area contributed by atoms with E-state index >= 15 is 0 Å². The second-order valence-electron chi connectivity index (χ2n) is 5.46. The second kappa shape index (κ2) is 4.91. The van der Waals surface area contributed by atoms with Gasteiger partial charge < -0.3 is 5.21 Å². The number of nitrogens with one attached hydrogen (secondary N) is 1. The van der Waals surface area contributed by atoms with Crippen LogP contribution < -0.4 is 4.72 Å². The summed E-state index contributed by atoms with van der Waals surface area (Å²) in [5, 5.41) is 11.9. The molecule has 17 heavy (non-hydrogen) atoms. The van der Waals surface area contributed by atoms with Gasteiger partial charge in [-0.2, -0.15) is 17.4 Å². The molecule has 0 aromatic heterocycles. The van der Waals surface area contributed by atoms with Crippen molar-refractivity contribution in [1.82, 2.24) is 9.03 Å². The SMILES string of the molecule is CC1CN(S(=O)(=O)NC(C)(C)C)CCC1=NO. The molecule has 2 N–H and O–H groups in total. The summed E-state index contributed by atoms with van der Waals surface area (Å²) < 4.78 is 28.1. The topological polar surface area (TPSA) is 82.0 Å². The van der Waals surface area contributed by atoms with Crippen LogP contribution in [-0.2, 0) is 10.2 Å². The van der Waals surface area contributed by atoms with Crippen LogP contribution in [0.15, 0.2) is 5.16 Å². The van der Waals surface area contributed by atoms with Crippen molar-refractivity contribution in [1.29, 1.82) is 0 Å². The van der Waals surface area contributed by atoms with Crippen molar-refractivity contribution >= 4 is 15.9 Å². The first-order valence-corrected chi connectivity index (χ1v) is 7.09. The van der Waals surface area contributed by atoms with Crippen molar-refractivity contribution in [3.05, 3.63) is 0 Å². The molecule has 0 bridgehead atoms. The molecule has 1 heterocycles. The van der Waals surface area contributed by atoms with Gasteiger partial charge in [0.05, 0.1) is 5.71 Å². The monoisotopic (exact) mass is 263 g/mol. The van der Waals surface area contributed by atoms with Gasteiger partial charge in [0, 0.05) is 31.0 Å². The Morgan fingerprint density at radius 1 is 1.47 bits per heavy atom. The van der Waals surface area contributed by atoms with Crippen molar-refractivity contribution in [3.63, 3.8) is 0 Å². The smallest absolute Gasteiger partial charge is 0.279 e. The molecule has 0 aromatic rings. The Labute approximate surface area is 103 Å². The summed E-state index contributed by atoms with van der Waals surface area (Å²) in [6, 6.07) is 0. The fourth-order valence-corrected chi connectivity index (χ4v) is 3.46. The third-order valence-corrected chi connectivity index (χ3v) is 4.45. The van der Waals surface area contributed by atoms with E-state index in [1.54, 1.807) is 20.8 Å². The molecular weight excluding hydrogens is 242 g/mol. The third kappa shape index (κ3) is 3.93. The lowest BCUT2D eigenvalue weighted by Gasteiger charge is -2.33. The van der Waals surface area contributed by atoms with Gasteiger partial charge in [-0.25, -0.2) is 0 Å². The second-order valence-corrected chi connectivity index (χ2v) is 7.13. The minimum absolute atomic E-state index is 0.0507. The molecule has 1 atom stereocenters. The van der Waals surface area contributed by atoms with E-state index in [1.165, 1.54) is 4.31 Å². The van der Waals surface area contributed by atoms with Gasteiger partial charge >= 0.3 is 0 Å². The quantitative estimate of drug-likeness (QED) is 0.571. The third-order valence-electron chi connectivity index (χ3n) is 2.57. The number of oxime groups is 1. The molecule has 1 fully saturated rings. The highest BCUT2D eigenvalue weighted by atomic mass is 32.2. The molecular formula is C10H21N3O3S. The number of piperidine rings is 1. The summed E-state index contributed by atoms with van der Waals surface area (Å²) in [6.45, 7) is 7.98. The van der Waals surface area contributed by atoms with E-state index in [9.17, 15) is 8.42 Å². The molecule has 1 saturated heterocycles. The van der Waals surface area contributed by atoms with Crippen LogP contribution in [-0.4, -0.2) is 42.3 Å². The van der Waals surface area contributed by atoms with Crippen LogP contribution in [0, 0.1) is 5.92 Å². The highest BCUT2D eigenvalue weighted by molar-refractivity contribution is 7.87. The van der Waals surface area contributed by atoms with Gasteiger partial charge in [-0.05, 0) is 20.8 Å². The van der Waals surface area contributed by atoms with Gasteiger partial charge in [0.25, 0.3) is 10.2 Å². The molecule has 0 aromatic carbocycles. The van der Waals surface area contributed by atoms with Gasteiger partial charge in [0.1, 0.15) is 0 Å². The molecule has 1 aliphatic heterocycles. The average Bonchev–Trinajstić information content (AvgIpc) is 2.13. The van der Waals surface area contributed by atoms with Gasteiger partial charge in [0.2, 0.25) is 0 Å². The first-order chi connectivity index (χ1) is 7.65. The molecule has 6 nitrogen and oxygen atoms in total. The van der Waals surface area contributed by atoms with Crippen LogP contribution in [0.3, 0.4) is 0 Å². The standard InChI is InChI=1S/C10H21N3O3S/c1-8-7-13(6-5-9(8)11-14)17(15,16)12-10(2,3)4/h8,12,14H,5-7H2,1-4H3. The summed E-state index contributed by atoms with van der Waals surface area (Å²) in [4.78, 5) is 0. The molecule has 1 aliphatic rings. The van der Waals surface area contributed by atoms with Crippen molar-refractivity contribution in [2.45, 2.75) is 39.7 Å². The molecule has 0 spiro atoms. The van der Waals surface area contributed by atoms with Crippen LogP contribution >= 0.6 is 0 Å². The Bertz CT molecular complexity index is 398. The van der Waals surface area contributed by atoms with Crippen molar-refractivity contribution in [2.75, 3.05) is 13.1 Å². The Morgan fingerprint density at radius 2 is 2.06 bits per heavy atom. The Morgan fingerprint density at radius 3 is 2.47 bits per heavy atom. The summed E-state index contributed by atoms with van der Waals surface area (Å²) in [5.41, 5.74) is 0.167. The van der Waals surface area contributed by atoms with Crippen LogP contribution in [0.25, 0.3) is 0 Å².